The number of benzene rings is 1. The lowest BCUT2D eigenvalue weighted by atomic mass is 10.2. The van der Waals surface area contributed by atoms with Crippen LogP contribution in [0.15, 0.2) is 39.7 Å². The Hall–Kier alpha value is -2.35. The molecule has 0 atom stereocenters. The van der Waals surface area contributed by atoms with Gasteiger partial charge in [-0.1, -0.05) is 6.07 Å². The molecule has 8 heteroatoms. The Morgan fingerprint density at radius 2 is 1.95 bits per heavy atom. The van der Waals surface area contributed by atoms with E-state index in [4.69, 9.17) is 9.47 Å². The summed E-state index contributed by atoms with van der Waals surface area (Å²) in [7, 11) is 3.03. The van der Waals surface area contributed by atoms with Crippen molar-refractivity contribution in [3.05, 3.63) is 61.0 Å². The molecule has 0 saturated carbocycles. The second-order valence-electron chi connectivity index (χ2n) is 4.38. The van der Waals surface area contributed by atoms with Gasteiger partial charge in [-0.05, 0) is 27.6 Å². The third-order valence-electron chi connectivity index (χ3n) is 3.08. The molecule has 0 aliphatic carbocycles. The molecule has 0 bridgehead atoms. The molecule has 2 aromatic rings. The molecule has 116 valence electrons. The highest BCUT2D eigenvalue weighted by Crippen LogP contribution is 2.37. The van der Waals surface area contributed by atoms with Crippen molar-refractivity contribution < 1.29 is 14.4 Å². The van der Waals surface area contributed by atoms with Gasteiger partial charge in [0.05, 0.1) is 36.4 Å². The molecular weight excluding hydrogens is 356 g/mol. The van der Waals surface area contributed by atoms with Gasteiger partial charge >= 0.3 is 0 Å². The zero-order valence-corrected chi connectivity index (χ0v) is 13.5. The van der Waals surface area contributed by atoms with Gasteiger partial charge in [-0.15, -0.1) is 0 Å². The van der Waals surface area contributed by atoms with E-state index < -0.39 is 4.92 Å². The molecule has 1 heterocycles. The fourth-order valence-corrected chi connectivity index (χ4v) is 2.60. The number of hydrogen-bond donors (Lipinski definition) is 0. The Morgan fingerprint density at radius 1 is 1.23 bits per heavy atom. The van der Waals surface area contributed by atoms with E-state index >= 15 is 0 Å². The van der Waals surface area contributed by atoms with Gasteiger partial charge < -0.3 is 14.0 Å². The maximum absolute atomic E-state index is 11.9. The highest BCUT2D eigenvalue weighted by Gasteiger charge is 2.14. The monoisotopic (exact) mass is 368 g/mol. The Morgan fingerprint density at radius 3 is 2.55 bits per heavy atom. The van der Waals surface area contributed by atoms with E-state index in [-0.39, 0.29) is 17.8 Å². The van der Waals surface area contributed by atoms with Crippen LogP contribution < -0.4 is 15.0 Å². The first-order chi connectivity index (χ1) is 10.5. The van der Waals surface area contributed by atoms with Gasteiger partial charge in [0.25, 0.3) is 11.2 Å². The summed E-state index contributed by atoms with van der Waals surface area (Å²) in [4.78, 5) is 22.1. The lowest BCUT2D eigenvalue weighted by molar-refractivity contribution is -0.385. The molecule has 0 unspecified atom stereocenters. The normalized spacial score (nSPS) is 10.3. The van der Waals surface area contributed by atoms with E-state index in [1.807, 2.05) is 0 Å². The smallest absolute Gasteiger partial charge is 0.285 e. The molecule has 0 aliphatic rings. The largest absolute Gasteiger partial charge is 0.493 e. The first-order valence-corrected chi connectivity index (χ1v) is 7.01. The molecule has 0 aliphatic heterocycles. The van der Waals surface area contributed by atoms with Gasteiger partial charge in [-0.2, -0.15) is 0 Å². The molecule has 0 saturated heterocycles. The van der Waals surface area contributed by atoms with Crippen LogP contribution in [0.5, 0.6) is 11.5 Å². The van der Waals surface area contributed by atoms with Crippen LogP contribution >= 0.6 is 15.9 Å². The van der Waals surface area contributed by atoms with E-state index in [1.165, 1.54) is 37.1 Å². The molecule has 22 heavy (non-hydrogen) atoms. The molecule has 0 amide bonds. The molecule has 0 spiro atoms. The molecule has 7 nitrogen and oxygen atoms in total. The molecule has 0 fully saturated rings. The topological polar surface area (TPSA) is 83.6 Å². The Balaban J connectivity index is 2.45. The highest BCUT2D eigenvalue weighted by atomic mass is 79.9. The molecule has 2 rings (SSSR count). The van der Waals surface area contributed by atoms with Crippen molar-refractivity contribution in [2.24, 2.45) is 0 Å². The SMILES string of the molecule is COc1ccc(Cn2cc([N+](=O)[O-])ccc2=O)c(Br)c1OC. The van der Waals surface area contributed by atoms with Crippen LogP contribution in [0.3, 0.4) is 0 Å². The third kappa shape index (κ3) is 3.11. The van der Waals surface area contributed by atoms with Crippen molar-refractivity contribution in [2.75, 3.05) is 14.2 Å². The van der Waals surface area contributed by atoms with Crippen LogP contribution in [0.2, 0.25) is 0 Å². The summed E-state index contributed by atoms with van der Waals surface area (Å²) in [6, 6.07) is 5.83. The fraction of sp³-hybridized carbons (Fsp3) is 0.214. The van der Waals surface area contributed by atoms with Crippen LogP contribution in [0.4, 0.5) is 5.69 Å². The molecule has 0 radical (unpaired) electrons. The first-order valence-electron chi connectivity index (χ1n) is 6.22. The van der Waals surface area contributed by atoms with Crippen molar-refractivity contribution >= 4 is 21.6 Å². The summed E-state index contributed by atoms with van der Waals surface area (Å²) in [5.41, 5.74) is 0.267. The van der Waals surface area contributed by atoms with Crippen molar-refractivity contribution in [1.82, 2.24) is 4.57 Å². The quantitative estimate of drug-likeness (QED) is 0.598. The van der Waals surface area contributed by atoms with Crippen LogP contribution in [-0.4, -0.2) is 23.7 Å². The summed E-state index contributed by atoms with van der Waals surface area (Å²) in [5.74, 6) is 1.04. The van der Waals surface area contributed by atoms with Crippen molar-refractivity contribution in [3.8, 4) is 11.5 Å². The van der Waals surface area contributed by atoms with Gasteiger partial charge in [0.15, 0.2) is 11.5 Å². The Labute approximate surface area is 134 Å². The van der Waals surface area contributed by atoms with Crippen molar-refractivity contribution in [2.45, 2.75) is 6.54 Å². The molecule has 1 aromatic carbocycles. The summed E-state index contributed by atoms with van der Waals surface area (Å²) in [6.45, 7) is 0.168. The molecular formula is C14H13BrN2O5. The second kappa shape index (κ2) is 6.61. The van der Waals surface area contributed by atoms with Gasteiger partial charge in [0, 0.05) is 12.1 Å². The summed E-state index contributed by atoms with van der Waals surface area (Å²) in [5, 5.41) is 10.8. The zero-order valence-electron chi connectivity index (χ0n) is 11.9. The predicted octanol–water partition coefficient (Wildman–Crippen LogP) is 2.58. The lowest BCUT2D eigenvalue weighted by Crippen LogP contribution is -2.19. The van der Waals surface area contributed by atoms with Gasteiger partial charge in [-0.3, -0.25) is 14.9 Å². The van der Waals surface area contributed by atoms with Crippen LogP contribution in [0, 0.1) is 10.1 Å². The molecule has 1 aromatic heterocycles. The summed E-state index contributed by atoms with van der Waals surface area (Å²) in [6.07, 6.45) is 1.21. The van der Waals surface area contributed by atoms with Crippen LogP contribution in [0.25, 0.3) is 0 Å². The van der Waals surface area contributed by atoms with Gasteiger partial charge in [0.2, 0.25) is 0 Å². The van der Waals surface area contributed by atoms with E-state index in [0.29, 0.717) is 16.0 Å². The summed E-state index contributed by atoms with van der Waals surface area (Å²) >= 11 is 3.41. The van der Waals surface area contributed by atoms with E-state index in [9.17, 15) is 14.9 Å². The number of ether oxygens (including phenoxy) is 2. The maximum Gasteiger partial charge on any atom is 0.285 e. The van der Waals surface area contributed by atoms with Gasteiger partial charge in [-0.25, -0.2) is 0 Å². The number of rotatable bonds is 5. The number of hydrogen-bond acceptors (Lipinski definition) is 5. The van der Waals surface area contributed by atoms with E-state index in [2.05, 4.69) is 15.9 Å². The third-order valence-corrected chi connectivity index (χ3v) is 3.95. The minimum absolute atomic E-state index is 0.142. The lowest BCUT2D eigenvalue weighted by Gasteiger charge is -2.13. The number of pyridine rings is 1. The minimum Gasteiger partial charge on any atom is -0.493 e. The number of halogens is 1. The van der Waals surface area contributed by atoms with E-state index in [0.717, 1.165) is 5.56 Å². The standard InChI is InChI=1S/C14H13BrN2O5/c1-21-11-5-3-9(13(15)14(11)22-2)7-16-8-10(17(19)20)4-6-12(16)18/h3-6,8H,7H2,1-2H3. The molecule has 0 N–H and O–H groups in total. The fourth-order valence-electron chi connectivity index (χ4n) is 1.99. The minimum atomic E-state index is -0.542. The predicted molar refractivity (Wildman–Crippen MR) is 83.7 cm³/mol. The Bertz CT molecular complexity index is 772. The second-order valence-corrected chi connectivity index (χ2v) is 5.18. The number of methoxy groups -OCH3 is 2. The van der Waals surface area contributed by atoms with Gasteiger partial charge in [0.1, 0.15) is 0 Å². The van der Waals surface area contributed by atoms with E-state index in [1.54, 1.807) is 12.1 Å². The average Bonchev–Trinajstić information content (AvgIpc) is 2.50. The van der Waals surface area contributed by atoms with Crippen molar-refractivity contribution in [3.63, 3.8) is 0 Å². The number of nitrogens with zero attached hydrogens (tertiary/aromatic N) is 2. The first kappa shape index (κ1) is 16.0. The van der Waals surface area contributed by atoms with Crippen LogP contribution in [-0.2, 0) is 6.54 Å². The highest BCUT2D eigenvalue weighted by molar-refractivity contribution is 9.10. The number of aromatic nitrogens is 1. The Kier molecular flexibility index (Phi) is 4.81. The van der Waals surface area contributed by atoms with Crippen LogP contribution in [0.1, 0.15) is 5.56 Å². The maximum atomic E-state index is 11.9. The average molecular weight is 369 g/mol. The summed E-state index contributed by atoms with van der Waals surface area (Å²) < 4.78 is 12.4. The van der Waals surface area contributed by atoms with Crippen molar-refractivity contribution in [1.29, 1.82) is 0 Å². The number of nitro groups is 1. The zero-order chi connectivity index (χ0) is 16.3.